The first-order chi connectivity index (χ1) is 12.4. The van der Waals surface area contributed by atoms with Crippen LogP contribution in [0.3, 0.4) is 0 Å². The Morgan fingerprint density at radius 2 is 1.88 bits per heavy atom. The van der Waals surface area contributed by atoms with E-state index in [1.165, 1.54) is 11.8 Å². The molecule has 3 aromatic heterocycles. The summed E-state index contributed by atoms with van der Waals surface area (Å²) in [6.07, 6.45) is 0.842. The number of aryl methyl sites for hydroxylation is 5. The molecule has 0 fully saturated rings. The lowest BCUT2D eigenvalue weighted by molar-refractivity contribution is -0.118. The maximum atomic E-state index is 12.1. The van der Waals surface area contributed by atoms with Gasteiger partial charge in [-0.3, -0.25) is 13.9 Å². The molecule has 1 N–H and O–H groups in total. The van der Waals surface area contributed by atoms with Crippen molar-refractivity contribution in [3.8, 4) is 0 Å². The van der Waals surface area contributed by atoms with Crippen molar-refractivity contribution >= 4 is 23.4 Å². The van der Waals surface area contributed by atoms with E-state index in [1.807, 2.05) is 42.8 Å². The first-order valence-electron chi connectivity index (χ1n) is 8.54. The van der Waals surface area contributed by atoms with Crippen LogP contribution in [0.2, 0.25) is 0 Å². The van der Waals surface area contributed by atoms with Gasteiger partial charge in [0.1, 0.15) is 0 Å². The van der Waals surface area contributed by atoms with E-state index in [4.69, 9.17) is 0 Å². The Bertz CT molecular complexity index is 931. The minimum absolute atomic E-state index is 0.0159. The largest absolute Gasteiger partial charge is 0.355 e. The zero-order valence-corrected chi connectivity index (χ0v) is 16.3. The number of nitrogens with one attached hydrogen (secondary N) is 1. The van der Waals surface area contributed by atoms with Gasteiger partial charge in [0.25, 0.3) is 5.78 Å². The van der Waals surface area contributed by atoms with Crippen LogP contribution in [0.4, 0.5) is 0 Å². The van der Waals surface area contributed by atoms with Gasteiger partial charge in [0.2, 0.25) is 5.91 Å². The summed E-state index contributed by atoms with van der Waals surface area (Å²) in [4.78, 5) is 16.4. The third-order valence-corrected chi connectivity index (χ3v) is 4.90. The molecule has 0 atom stereocenters. The van der Waals surface area contributed by atoms with Crippen molar-refractivity contribution in [3.05, 3.63) is 34.9 Å². The fourth-order valence-corrected chi connectivity index (χ4v) is 3.65. The Labute approximate surface area is 156 Å². The van der Waals surface area contributed by atoms with Crippen molar-refractivity contribution in [2.24, 2.45) is 0 Å². The molecule has 0 saturated carbocycles. The van der Waals surface area contributed by atoms with Crippen LogP contribution in [0.25, 0.3) is 5.78 Å². The summed E-state index contributed by atoms with van der Waals surface area (Å²) in [5.41, 5.74) is 4.07. The van der Waals surface area contributed by atoms with Gasteiger partial charge in [0.05, 0.1) is 11.4 Å². The molecule has 0 aliphatic carbocycles. The maximum absolute atomic E-state index is 12.1. The molecule has 0 radical (unpaired) electrons. The van der Waals surface area contributed by atoms with E-state index in [2.05, 4.69) is 31.7 Å². The lowest BCUT2D eigenvalue weighted by Crippen LogP contribution is -2.27. The average molecular weight is 373 g/mol. The number of hydrogen-bond donors (Lipinski definition) is 1. The summed E-state index contributed by atoms with van der Waals surface area (Å²) in [7, 11) is 0. The number of thioether (sulfide) groups is 1. The molecule has 0 aromatic carbocycles. The first-order valence-corrected chi connectivity index (χ1v) is 9.52. The second kappa shape index (κ2) is 7.86. The molecule has 0 spiro atoms. The Morgan fingerprint density at radius 1 is 1.12 bits per heavy atom. The number of carbonyl (C=O) groups excluding carboxylic acids is 1. The minimum Gasteiger partial charge on any atom is -0.355 e. The van der Waals surface area contributed by atoms with E-state index < -0.39 is 0 Å². The Balaban J connectivity index is 1.46. The van der Waals surface area contributed by atoms with E-state index in [9.17, 15) is 4.79 Å². The third kappa shape index (κ3) is 4.21. The summed E-state index contributed by atoms with van der Waals surface area (Å²) in [5.74, 6) is 0.849. The zero-order chi connectivity index (χ0) is 18.7. The molecular weight excluding hydrogens is 350 g/mol. The van der Waals surface area contributed by atoms with E-state index in [1.54, 1.807) is 0 Å². The van der Waals surface area contributed by atoms with Crippen LogP contribution in [0, 0.1) is 27.7 Å². The number of carbonyl (C=O) groups is 1. The summed E-state index contributed by atoms with van der Waals surface area (Å²) in [5, 5.41) is 16.3. The Hall–Kier alpha value is -2.42. The molecule has 8 nitrogen and oxygen atoms in total. The van der Waals surface area contributed by atoms with Crippen LogP contribution in [0.5, 0.6) is 0 Å². The van der Waals surface area contributed by atoms with Gasteiger partial charge in [-0.05, 0) is 46.2 Å². The van der Waals surface area contributed by atoms with Crippen molar-refractivity contribution in [1.82, 2.24) is 34.7 Å². The van der Waals surface area contributed by atoms with E-state index in [0.717, 1.165) is 35.7 Å². The van der Waals surface area contributed by atoms with Gasteiger partial charge in [0, 0.05) is 30.2 Å². The smallest absolute Gasteiger partial charge is 0.256 e. The molecule has 3 rings (SSSR count). The third-order valence-electron chi connectivity index (χ3n) is 3.97. The van der Waals surface area contributed by atoms with Crippen LogP contribution >= 0.6 is 11.8 Å². The second-order valence-corrected chi connectivity index (χ2v) is 7.24. The van der Waals surface area contributed by atoms with Crippen LogP contribution in [0.1, 0.15) is 29.2 Å². The maximum Gasteiger partial charge on any atom is 0.256 e. The summed E-state index contributed by atoms with van der Waals surface area (Å²) < 4.78 is 3.84. The molecule has 1 amide bonds. The van der Waals surface area contributed by atoms with Crippen molar-refractivity contribution in [1.29, 1.82) is 0 Å². The summed E-state index contributed by atoms with van der Waals surface area (Å²) in [6.45, 7) is 9.35. The van der Waals surface area contributed by atoms with Gasteiger partial charge in [-0.25, -0.2) is 4.98 Å². The van der Waals surface area contributed by atoms with Gasteiger partial charge in [-0.2, -0.15) is 5.10 Å². The van der Waals surface area contributed by atoms with Crippen LogP contribution in [0.15, 0.2) is 17.3 Å². The van der Waals surface area contributed by atoms with Gasteiger partial charge in [0.15, 0.2) is 5.16 Å². The van der Waals surface area contributed by atoms with Gasteiger partial charge in [-0.1, -0.05) is 11.8 Å². The van der Waals surface area contributed by atoms with Crippen LogP contribution in [-0.2, 0) is 11.3 Å². The van der Waals surface area contributed by atoms with Gasteiger partial charge < -0.3 is 5.32 Å². The van der Waals surface area contributed by atoms with Crippen LogP contribution in [-0.4, -0.2) is 47.6 Å². The van der Waals surface area contributed by atoms with E-state index >= 15 is 0 Å². The van der Waals surface area contributed by atoms with Crippen molar-refractivity contribution < 1.29 is 4.79 Å². The fourth-order valence-electron chi connectivity index (χ4n) is 2.83. The number of nitrogens with zero attached hydrogens (tertiary/aromatic N) is 6. The highest BCUT2D eigenvalue weighted by Gasteiger charge is 2.12. The van der Waals surface area contributed by atoms with Gasteiger partial charge >= 0.3 is 0 Å². The lowest BCUT2D eigenvalue weighted by Gasteiger charge is -2.07. The summed E-state index contributed by atoms with van der Waals surface area (Å²) in [6, 6.07) is 4.02. The lowest BCUT2D eigenvalue weighted by atomic mass is 10.3. The highest BCUT2D eigenvalue weighted by Crippen LogP contribution is 2.18. The predicted molar refractivity (Wildman–Crippen MR) is 100 cm³/mol. The molecule has 3 aromatic rings. The molecule has 138 valence electrons. The SMILES string of the molecule is Cc1cc(C)n2c(SCC(=O)NCCCn3nc(C)cc3C)nnc2n1. The molecule has 0 saturated heterocycles. The molecule has 0 aliphatic heterocycles. The molecule has 0 unspecified atom stereocenters. The summed E-state index contributed by atoms with van der Waals surface area (Å²) >= 11 is 1.36. The highest BCUT2D eigenvalue weighted by atomic mass is 32.2. The number of amides is 1. The number of fused-ring (bicyclic) bond motifs is 1. The monoisotopic (exact) mass is 373 g/mol. The van der Waals surface area contributed by atoms with E-state index in [0.29, 0.717) is 23.2 Å². The quantitative estimate of drug-likeness (QED) is 0.502. The van der Waals surface area contributed by atoms with Crippen LogP contribution < -0.4 is 5.32 Å². The number of hydrogen-bond acceptors (Lipinski definition) is 6. The molecule has 3 heterocycles. The molecule has 26 heavy (non-hydrogen) atoms. The highest BCUT2D eigenvalue weighted by molar-refractivity contribution is 7.99. The Kier molecular flexibility index (Phi) is 5.55. The topological polar surface area (TPSA) is 90.0 Å². The molecule has 0 aliphatic rings. The van der Waals surface area contributed by atoms with Crippen molar-refractivity contribution in [2.45, 2.75) is 45.8 Å². The normalized spacial score (nSPS) is 11.2. The predicted octanol–water partition coefficient (Wildman–Crippen LogP) is 1.85. The number of rotatable bonds is 7. The standard InChI is InChI=1S/C17H23N7OS/c1-11-8-14(4)24-16(19-11)20-21-17(24)26-10-15(25)18-6-5-7-23-13(3)9-12(2)22-23/h8-9H,5-7,10H2,1-4H3,(H,18,25). The average Bonchev–Trinajstić information content (AvgIpc) is 3.12. The second-order valence-electron chi connectivity index (χ2n) is 6.30. The Morgan fingerprint density at radius 3 is 2.62 bits per heavy atom. The van der Waals surface area contributed by atoms with Crippen molar-refractivity contribution in [2.75, 3.05) is 12.3 Å². The van der Waals surface area contributed by atoms with Gasteiger partial charge in [-0.15, -0.1) is 10.2 Å². The number of aromatic nitrogens is 6. The fraction of sp³-hybridized carbons (Fsp3) is 0.471. The zero-order valence-electron chi connectivity index (χ0n) is 15.5. The first kappa shape index (κ1) is 18.4. The molecular formula is C17H23N7OS. The van der Waals surface area contributed by atoms with Crippen molar-refractivity contribution in [3.63, 3.8) is 0 Å². The minimum atomic E-state index is -0.0159. The molecule has 9 heteroatoms. The molecule has 0 bridgehead atoms. The van der Waals surface area contributed by atoms with E-state index in [-0.39, 0.29) is 5.91 Å².